The number of hydrogen-bond acceptors (Lipinski definition) is 2. The highest BCUT2D eigenvalue weighted by Gasteiger charge is 1.93. The van der Waals surface area contributed by atoms with Gasteiger partial charge in [0, 0.05) is 5.33 Å². The largest absolute Gasteiger partial charge is 0.504 e. The van der Waals surface area contributed by atoms with Gasteiger partial charge in [-0.1, -0.05) is 40.2 Å². The molecule has 0 saturated heterocycles. The Morgan fingerprint density at radius 1 is 1.47 bits per heavy atom. The van der Waals surface area contributed by atoms with Crippen molar-refractivity contribution in [3.05, 3.63) is 47.7 Å². The van der Waals surface area contributed by atoms with E-state index in [-0.39, 0.29) is 0 Å². The highest BCUT2D eigenvalue weighted by Crippen LogP contribution is 2.08. The van der Waals surface area contributed by atoms with Gasteiger partial charge in [0.2, 0.25) is 0 Å². The Balaban J connectivity index is 0.000000325. The standard InChI is InChI=1S/C9H11Br.C4H6O3/c1-8-4-2-3-5-9(8)6-7-10;1-7-3-2-4(5)6/h2-5H,6-7H2,1H3;2-3H,1H3,(H,5,6). The van der Waals surface area contributed by atoms with Gasteiger partial charge in [0.1, 0.15) is 0 Å². The van der Waals surface area contributed by atoms with Crippen LogP contribution in [-0.4, -0.2) is 23.5 Å². The summed E-state index contributed by atoms with van der Waals surface area (Å²) >= 11 is 3.42. The molecule has 1 N–H and O–H groups in total. The van der Waals surface area contributed by atoms with Crippen molar-refractivity contribution in [2.45, 2.75) is 13.3 Å². The number of ether oxygens (including phenoxy) is 1. The van der Waals surface area contributed by atoms with E-state index in [2.05, 4.69) is 51.9 Å². The van der Waals surface area contributed by atoms with Gasteiger partial charge in [0.15, 0.2) is 0 Å². The Hall–Kier alpha value is -1.29. The molecule has 0 atom stereocenters. The summed E-state index contributed by atoms with van der Waals surface area (Å²) in [5.74, 6) is -0.998. The van der Waals surface area contributed by atoms with E-state index in [1.54, 1.807) is 0 Å². The molecule has 0 aliphatic carbocycles. The van der Waals surface area contributed by atoms with E-state index < -0.39 is 5.97 Å². The number of rotatable bonds is 4. The first-order valence-electron chi connectivity index (χ1n) is 5.14. The molecule has 0 aliphatic rings. The van der Waals surface area contributed by atoms with Crippen LogP contribution in [0.1, 0.15) is 11.1 Å². The smallest absolute Gasteiger partial charge is 0.331 e. The number of carbonyl (C=O) groups is 1. The van der Waals surface area contributed by atoms with Gasteiger partial charge < -0.3 is 9.84 Å². The van der Waals surface area contributed by atoms with E-state index in [0.717, 1.165) is 24.1 Å². The Morgan fingerprint density at radius 3 is 2.53 bits per heavy atom. The van der Waals surface area contributed by atoms with Gasteiger partial charge in [-0.3, -0.25) is 0 Å². The summed E-state index contributed by atoms with van der Waals surface area (Å²) in [6, 6.07) is 8.49. The van der Waals surface area contributed by atoms with Crippen LogP contribution in [0.3, 0.4) is 0 Å². The molecule has 4 heteroatoms. The van der Waals surface area contributed by atoms with E-state index in [0.29, 0.717) is 0 Å². The molecule has 0 radical (unpaired) electrons. The number of halogens is 1. The molecule has 1 aromatic rings. The second kappa shape index (κ2) is 9.90. The van der Waals surface area contributed by atoms with Gasteiger partial charge in [-0.2, -0.15) is 0 Å². The molecule has 0 aliphatic heterocycles. The summed E-state index contributed by atoms with van der Waals surface area (Å²) in [5.41, 5.74) is 2.83. The van der Waals surface area contributed by atoms with Crippen LogP contribution in [0.5, 0.6) is 0 Å². The normalized spacial score (nSPS) is 9.59. The zero-order valence-corrected chi connectivity index (χ0v) is 11.6. The zero-order chi connectivity index (χ0) is 13.1. The third-order valence-corrected chi connectivity index (χ3v) is 2.37. The molecular formula is C13H17BrO3. The van der Waals surface area contributed by atoms with Crippen LogP contribution in [0.2, 0.25) is 0 Å². The second-order valence-electron chi connectivity index (χ2n) is 3.24. The maximum atomic E-state index is 9.59. The van der Waals surface area contributed by atoms with Crippen molar-refractivity contribution in [1.29, 1.82) is 0 Å². The van der Waals surface area contributed by atoms with Crippen molar-refractivity contribution in [3.63, 3.8) is 0 Å². The molecule has 0 fully saturated rings. The topological polar surface area (TPSA) is 46.5 Å². The van der Waals surface area contributed by atoms with Crippen molar-refractivity contribution >= 4 is 21.9 Å². The van der Waals surface area contributed by atoms with Crippen LogP contribution in [0, 0.1) is 6.92 Å². The second-order valence-corrected chi connectivity index (χ2v) is 4.04. The lowest BCUT2D eigenvalue weighted by Crippen LogP contribution is -1.88. The number of aliphatic carboxylic acids is 1. The summed E-state index contributed by atoms with van der Waals surface area (Å²) in [5, 5.41) is 8.93. The number of hydrogen-bond donors (Lipinski definition) is 1. The minimum atomic E-state index is -0.998. The number of methoxy groups -OCH3 is 1. The Bertz CT molecular complexity index is 361. The fraction of sp³-hybridized carbons (Fsp3) is 0.308. The van der Waals surface area contributed by atoms with E-state index in [4.69, 9.17) is 5.11 Å². The maximum Gasteiger partial charge on any atom is 0.331 e. The lowest BCUT2D eigenvalue weighted by molar-refractivity contribution is -0.131. The molecule has 0 amide bonds. The molecule has 17 heavy (non-hydrogen) atoms. The molecule has 0 heterocycles. The van der Waals surface area contributed by atoms with Crippen molar-refractivity contribution in [3.8, 4) is 0 Å². The van der Waals surface area contributed by atoms with Crippen molar-refractivity contribution in [2.24, 2.45) is 0 Å². The van der Waals surface area contributed by atoms with E-state index >= 15 is 0 Å². The first kappa shape index (κ1) is 15.7. The average molecular weight is 301 g/mol. The van der Waals surface area contributed by atoms with Gasteiger partial charge in [0.25, 0.3) is 0 Å². The average Bonchev–Trinajstić information content (AvgIpc) is 2.30. The first-order valence-corrected chi connectivity index (χ1v) is 6.26. The lowest BCUT2D eigenvalue weighted by Gasteiger charge is -2.00. The maximum absolute atomic E-state index is 9.59. The molecule has 3 nitrogen and oxygen atoms in total. The van der Waals surface area contributed by atoms with Crippen molar-refractivity contribution < 1.29 is 14.6 Å². The van der Waals surface area contributed by atoms with Crippen molar-refractivity contribution in [1.82, 2.24) is 0 Å². The minimum Gasteiger partial charge on any atom is -0.504 e. The van der Waals surface area contributed by atoms with Gasteiger partial charge in [-0.15, -0.1) is 0 Å². The monoisotopic (exact) mass is 300 g/mol. The highest BCUT2D eigenvalue weighted by atomic mass is 79.9. The SMILES string of the molecule is COC=CC(=O)O.Cc1ccccc1CCBr. The van der Waals surface area contributed by atoms with E-state index in [1.165, 1.54) is 18.2 Å². The number of carboxylic acids is 1. The molecule has 0 spiro atoms. The number of benzene rings is 1. The predicted octanol–water partition coefficient (Wildman–Crippen LogP) is 3.16. The van der Waals surface area contributed by atoms with Crippen LogP contribution in [0.25, 0.3) is 0 Å². The molecule has 94 valence electrons. The third kappa shape index (κ3) is 8.51. The molecule has 1 aromatic carbocycles. The quantitative estimate of drug-likeness (QED) is 0.528. The van der Waals surface area contributed by atoms with Gasteiger partial charge in [-0.05, 0) is 24.5 Å². The molecular weight excluding hydrogens is 284 g/mol. The number of carboxylic acid groups (broad SMARTS) is 1. The molecule has 0 aromatic heterocycles. The van der Waals surface area contributed by atoms with Crippen LogP contribution >= 0.6 is 15.9 Å². The Labute approximate surface area is 110 Å². The molecule has 0 bridgehead atoms. The fourth-order valence-corrected chi connectivity index (χ4v) is 1.55. The predicted molar refractivity (Wildman–Crippen MR) is 72.5 cm³/mol. The molecule has 0 unspecified atom stereocenters. The van der Waals surface area contributed by atoms with Crippen LogP contribution < -0.4 is 0 Å². The molecule has 0 saturated carbocycles. The Kier molecular flexibility index (Phi) is 9.15. The lowest BCUT2D eigenvalue weighted by atomic mass is 10.1. The summed E-state index contributed by atoms with van der Waals surface area (Å²) < 4.78 is 4.29. The summed E-state index contributed by atoms with van der Waals surface area (Å²) in [7, 11) is 1.39. The van der Waals surface area contributed by atoms with Crippen LogP contribution in [0.4, 0.5) is 0 Å². The van der Waals surface area contributed by atoms with Gasteiger partial charge in [-0.25, -0.2) is 4.79 Å². The minimum absolute atomic E-state index is 0.917. The van der Waals surface area contributed by atoms with E-state index in [9.17, 15) is 4.79 Å². The summed E-state index contributed by atoms with van der Waals surface area (Å²) in [6.07, 6.45) is 3.15. The summed E-state index contributed by atoms with van der Waals surface area (Å²) in [4.78, 5) is 9.59. The van der Waals surface area contributed by atoms with E-state index in [1.807, 2.05) is 0 Å². The fourth-order valence-electron chi connectivity index (χ4n) is 1.12. The highest BCUT2D eigenvalue weighted by molar-refractivity contribution is 9.09. The van der Waals surface area contributed by atoms with Gasteiger partial charge >= 0.3 is 5.97 Å². The molecule has 1 rings (SSSR count). The van der Waals surface area contributed by atoms with Gasteiger partial charge in [0.05, 0.1) is 19.4 Å². The van der Waals surface area contributed by atoms with Crippen LogP contribution in [0.15, 0.2) is 36.6 Å². The van der Waals surface area contributed by atoms with Crippen LogP contribution in [-0.2, 0) is 16.0 Å². The third-order valence-electron chi connectivity index (χ3n) is 1.97. The number of alkyl halides is 1. The summed E-state index contributed by atoms with van der Waals surface area (Å²) in [6.45, 7) is 2.15. The Morgan fingerprint density at radius 2 is 2.12 bits per heavy atom. The zero-order valence-electron chi connectivity index (χ0n) is 10.0. The number of aryl methyl sites for hydroxylation is 2. The first-order chi connectivity index (χ1) is 8.11. The van der Waals surface area contributed by atoms with Crippen molar-refractivity contribution in [2.75, 3.05) is 12.4 Å².